The predicted octanol–water partition coefficient (Wildman–Crippen LogP) is 2.09. The molecule has 2 heteroatoms. The lowest BCUT2D eigenvalue weighted by Gasteiger charge is -2.19. The average molecular weight is 168 g/mol. The first-order valence-electron chi connectivity index (χ1n) is 4.60. The van der Waals surface area contributed by atoms with Crippen LogP contribution in [0.15, 0.2) is 12.2 Å². The highest BCUT2D eigenvalue weighted by molar-refractivity contribution is 5.83. The molecule has 2 nitrogen and oxygen atoms in total. The van der Waals surface area contributed by atoms with Crippen molar-refractivity contribution < 1.29 is 9.53 Å². The standard InChI is InChI=1S/C10H16O2/c1-2-3-8-12-10-7-5-4-6-9(10)11/h2-3,10H,4-8H2,1H3/b3-2+. The van der Waals surface area contributed by atoms with E-state index < -0.39 is 0 Å². The van der Waals surface area contributed by atoms with Crippen molar-refractivity contribution in [2.24, 2.45) is 0 Å². The lowest BCUT2D eigenvalue weighted by molar-refractivity contribution is -0.132. The number of hydrogen-bond donors (Lipinski definition) is 0. The fourth-order valence-corrected chi connectivity index (χ4v) is 1.40. The molecule has 0 aliphatic heterocycles. The third-order valence-corrected chi connectivity index (χ3v) is 2.13. The van der Waals surface area contributed by atoms with E-state index in [0.717, 1.165) is 19.3 Å². The minimum atomic E-state index is -0.116. The van der Waals surface area contributed by atoms with Crippen LogP contribution in [-0.4, -0.2) is 18.5 Å². The summed E-state index contributed by atoms with van der Waals surface area (Å²) in [5.41, 5.74) is 0. The zero-order valence-electron chi connectivity index (χ0n) is 7.58. The molecule has 0 heterocycles. The molecule has 1 atom stereocenters. The second-order valence-electron chi connectivity index (χ2n) is 3.10. The molecule has 12 heavy (non-hydrogen) atoms. The van der Waals surface area contributed by atoms with Crippen molar-refractivity contribution >= 4 is 5.78 Å². The van der Waals surface area contributed by atoms with Crippen LogP contribution in [0, 0.1) is 0 Å². The summed E-state index contributed by atoms with van der Waals surface area (Å²) in [5, 5.41) is 0. The van der Waals surface area contributed by atoms with Gasteiger partial charge in [-0.05, 0) is 26.2 Å². The third kappa shape index (κ3) is 2.78. The Kier molecular flexibility index (Phi) is 4.01. The Labute approximate surface area is 73.6 Å². The molecular weight excluding hydrogens is 152 g/mol. The normalized spacial score (nSPS) is 25.1. The van der Waals surface area contributed by atoms with Crippen LogP contribution in [0.25, 0.3) is 0 Å². The smallest absolute Gasteiger partial charge is 0.161 e. The molecule has 1 aliphatic carbocycles. The number of allylic oxidation sites excluding steroid dienone is 1. The zero-order valence-corrected chi connectivity index (χ0v) is 7.58. The highest BCUT2D eigenvalue weighted by atomic mass is 16.5. The van der Waals surface area contributed by atoms with Crippen LogP contribution >= 0.6 is 0 Å². The van der Waals surface area contributed by atoms with Gasteiger partial charge in [0.1, 0.15) is 6.10 Å². The van der Waals surface area contributed by atoms with Gasteiger partial charge in [0.2, 0.25) is 0 Å². The Morgan fingerprint density at radius 3 is 3.08 bits per heavy atom. The van der Waals surface area contributed by atoms with Crippen LogP contribution in [-0.2, 0) is 9.53 Å². The van der Waals surface area contributed by atoms with E-state index in [9.17, 15) is 4.79 Å². The topological polar surface area (TPSA) is 26.3 Å². The molecule has 1 unspecified atom stereocenters. The van der Waals surface area contributed by atoms with E-state index in [1.54, 1.807) is 0 Å². The van der Waals surface area contributed by atoms with Crippen LogP contribution < -0.4 is 0 Å². The largest absolute Gasteiger partial charge is 0.366 e. The number of rotatable bonds is 3. The van der Waals surface area contributed by atoms with Crippen molar-refractivity contribution in [2.45, 2.75) is 38.7 Å². The van der Waals surface area contributed by atoms with E-state index in [0.29, 0.717) is 13.0 Å². The molecule has 0 aromatic carbocycles. The fraction of sp³-hybridized carbons (Fsp3) is 0.700. The first-order chi connectivity index (χ1) is 5.84. The van der Waals surface area contributed by atoms with Crippen molar-refractivity contribution in [3.05, 3.63) is 12.2 Å². The molecule has 0 spiro atoms. The molecule has 0 saturated heterocycles. The van der Waals surface area contributed by atoms with Gasteiger partial charge in [-0.25, -0.2) is 0 Å². The molecule has 0 amide bonds. The van der Waals surface area contributed by atoms with Crippen LogP contribution in [0.4, 0.5) is 0 Å². The summed E-state index contributed by atoms with van der Waals surface area (Å²) in [6, 6.07) is 0. The summed E-state index contributed by atoms with van der Waals surface area (Å²) in [6.45, 7) is 2.53. The minimum absolute atomic E-state index is 0.116. The van der Waals surface area contributed by atoms with E-state index in [1.807, 2.05) is 19.1 Å². The van der Waals surface area contributed by atoms with Crippen LogP contribution in [0.1, 0.15) is 32.6 Å². The number of ketones is 1. The predicted molar refractivity (Wildman–Crippen MR) is 48.0 cm³/mol. The summed E-state index contributed by atoms with van der Waals surface area (Å²) in [7, 11) is 0. The van der Waals surface area contributed by atoms with Crippen molar-refractivity contribution in [1.29, 1.82) is 0 Å². The molecule has 0 radical (unpaired) electrons. The number of Topliss-reactive ketones (excluding diaryl/α,β-unsaturated/α-hetero) is 1. The van der Waals surface area contributed by atoms with Crippen LogP contribution in [0.3, 0.4) is 0 Å². The monoisotopic (exact) mass is 168 g/mol. The van der Waals surface area contributed by atoms with Crippen LogP contribution in [0.2, 0.25) is 0 Å². The average Bonchev–Trinajstić information content (AvgIpc) is 2.09. The Morgan fingerprint density at radius 1 is 1.58 bits per heavy atom. The van der Waals surface area contributed by atoms with Gasteiger partial charge in [-0.15, -0.1) is 0 Å². The lowest BCUT2D eigenvalue weighted by atomic mass is 9.96. The van der Waals surface area contributed by atoms with Crippen LogP contribution in [0.5, 0.6) is 0 Å². The van der Waals surface area contributed by atoms with Crippen molar-refractivity contribution in [3.8, 4) is 0 Å². The van der Waals surface area contributed by atoms with Gasteiger partial charge in [-0.2, -0.15) is 0 Å². The Morgan fingerprint density at radius 2 is 2.42 bits per heavy atom. The molecule has 1 rings (SSSR count). The number of carbonyl (C=O) groups is 1. The quantitative estimate of drug-likeness (QED) is 0.603. The molecule has 1 saturated carbocycles. The second-order valence-corrected chi connectivity index (χ2v) is 3.10. The molecule has 1 aliphatic rings. The first kappa shape index (κ1) is 9.46. The number of hydrogen-bond acceptors (Lipinski definition) is 2. The number of carbonyl (C=O) groups excluding carboxylic acids is 1. The molecule has 0 bridgehead atoms. The Bertz CT molecular complexity index is 173. The second kappa shape index (κ2) is 5.09. The van der Waals surface area contributed by atoms with Gasteiger partial charge in [0.05, 0.1) is 6.61 Å². The Balaban J connectivity index is 2.24. The molecule has 1 fully saturated rings. The van der Waals surface area contributed by atoms with Gasteiger partial charge in [0.25, 0.3) is 0 Å². The van der Waals surface area contributed by atoms with Gasteiger partial charge >= 0.3 is 0 Å². The first-order valence-corrected chi connectivity index (χ1v) is 4.60. The van der Waals surface area contributed by atoms with Gasteiger partial charge in [-0.3, -0.25) is 4.79 Å². The summed E-state index contributed by atoms with van der Waals surface area (Å²) in [4.78, 5) is 11.2. The van der Waals surface area contributed by atoms with Crippen molar-refractivity contribution in [1.82, 2.24) is 0 Å². The number of ether oxygens (including phenoxy) is 1. The molecule has 68 valence electrons. The fourth-order valence-electron chi connectivity index (χ4n) is 1.40. The van der Waals surface area contributed by atoms with E-state index in [4.69, 9.17) is 4.74 Å². The van der Waals surface area contributed by atoms with Gasteiger partial charge in [0.15, 0.2) is 5.78 Å². The summed E-state index contributed by atoms with van der Waals surface area (Å²) >= 11 is 0. The summed E-state index contributed by atoms with van der Waals surface area (Å²) in [6.07, 6.45) is 7.55. The SMILES string of the molecule is C/C=C/COC1CCCCC1=O. The zero-order chi connectivity index (χ0) is 8.81. The van der Waals surface area contributed by atoms with Gasteiger partial charge < -0.3 is 4.74 Å². The highest BCUT2D eigenvalue weighted by Gasteiger charge is 2.21. The van der Waals surface area contributed by atoms with Crippen molar-refractivity contribution in [3.63, 3.8) is 0 Å². The third-order valence-electron chi connectivity index (χ3n) is 2.13. The summed E-state index contributed by atoms with van der Waals surface area (Å²) < 4.78 is 5.40. The molecule has 0 aromatic heterocycles. The lowest BCUT2D eigenvalue weighted by Crippen LogP contribution is -2.27. The van der Waals surface area contributed by atoms with Gasteiger partial charge in [-0.1, -0.05) is 12.2 Å². The van der Waals surface area contributed by atoms with E-state index >= 15 is 0 Å². The maximum atomic E-state index is 11.2. The van der Waals surface area contributed by atoms with E-state index in [-0.39, 0.29) is 11.9 Å². The molecular formula is C10H16O2. The van der Waals surface area contributed by atoms with Gasteiger partial charge in [0, 0.05) is 6.42 Å². The Hall–Kier alpha value is -0.630. The molecule has 0 aromatic rings. The van der Waals surface area contributed by atoms with E-state index in [1.165, 1.54) is 0 Å². The van der Waals surface area contributed by atoms with Crippen molar-refractivity contribution in [2.75, 3.05) is 6.61 Å². The van der Waals surface area contributed by atoms with E-state index in [2.05, 4.69) is 0 Å². The summed E-state index contributed by atoms with van der Waals surface area (Å²) in [5.74, 6) is 0.283. The molecule has 0 N–H and O–H groups in total. The maximum Gasteiger partial charge on any atom is 0.161 e. The highest BCUT2D eigenvalue weighted by Crippen LogP contribution is 2.17. The minimum Gasteiger partial charge on any atom is -0.366 e. The maximum absolute atomic E-state index is 11.2.